The zero-order valence-corrected chi connectivity index (χ0v) is 13.8. The van der Waals surface area contributed by atoms with Gasteiger partial charge in [0.2, 0.25) is 5.89 Å². The van der Waals surface area contributed by atoms with Crippen molar-refractivity contribution in [3.8, 4) is 0 Å². The maximum absolute atomic E-state index is 14.1. The summed E-state index contributed by atoms with van der Waals surface area (Å²) in [5.41, 5.74) is 0.221. The largest absolute Gasteiger partial charge is 0.450 e. The molecule has 0 aliphatic heterocycles. The Labute approximate surface area is 130 Å². The highest BCUT2D eigenvalue weighted by atomic mass is 79.9. The second-order valence-electron chi connectivity index (χ2n) is 5.51. The van der Waals surface area contributed by atoms with Crippen LogP contribution in [-0.4, -0.2) is 17.7 Å². The minimum absolute atomic E-state index is 0.0744. The van der Waals surface area contributed by atoms with E-state index in [9.17, 15) is 9.18 Å². The first-order chi connectivity index (χ1) is 9.74. The van der Waals surface area contributed by atoms with E-state index in [-0.39, 0.29) is 23.3 Å². The quantitative estimate of drug-likeness (QED) is 0.852. The molecular formula is C14H16BrFN2O3. The lowest BCUT2D eigenvalue weighted by Gasteiger charge is -2.11. The molecule has 0 saturated heterocycles. The number of hydrogen-bond acceptors (Lipinski definition) is 4. The van der Waals surface area contributed by atoms with E-state index in [2.05, 4.69) is 26.2 Å². The molecule has 1 N–H and O–H groups in total. The Hall–Kier alpha value is -1.63. The highest BCUT2D eigenvalue weighted by molar-refractivity contribution is 9.10. The number of nitrogens with zero attached hydrogens (tertiary/aromatic N) is 1. The van der Waals surface area contributed by atoms with Crippen LogP contribution in [0.1, 0.15) is 33.6 Å². The summed E-state index contributed by atoms with van der Waals surface area (Å²) < 4.78 is 25.0. The van der Waals surface area contributed by atoms with E-state index < -0.39 is 11.9 Å². The number of carbonyl (C=O) groups is 1. The molecular weight excluding hydrogens is 343 g/mol. The van der Waals surface area contributed by atoms with E-state index in [0.717, 1.165) is 0 Å². The topological polar surface area (TPSA) is 64.4 Å². The molecule has 1 heterocycles. The van der Waals surface area contributed by atoms with Crippen molar-refractivity contribution in [2.45, 2.75) is 33.1 Å². The summed E-state index contributed by atoms with van der Waals surface area (Å²) in [4.78, 5) is 15.9. The number of ether oxygens (including phenoxy) is 1. The average molecular weight is 359 g/mol. The summed E-state index contributed by atoms with van der Waals surface area (Å²) in [5.74, 6) is -0.172. The Kier molecular flexibility index (Phi) is 4.22. The smallest absolute Gasteiger partial charge is 0.411 e. The van der Waals surface area contributed by atoms with Crippen LogP contribution in [0, 0.1) is 5.82 Å². The standard InChI is InChI=1S/C14H16BrFN2O3/c1-5-20-13(19)18-10-8(16)6-7(15)9-11(10)21-12(17-9)14(2,3)4/h6H,5H2,1-4H3,(H,18,19). The summed E-state index contributed by atoms with van der Waals surface area (Å²) in [6.45, 7) is 7.65. The van der Waals surface area contributed by atoms with E-state index in [1.807, 2.05) is 20.8 Å². The van der Waals surface area contributed by atoms with Gasteiger partial charge in [0.1, 0.15) is 11.2 Å². The van der Waals surface area contributed by atoms with Crippen LogP contribution in [0.4, 0.5) is 14.9 Å². The molecule has 1 amide bonds. The van der Waals surface area contributed by atoms with Gasteiger partial charge in [0.05, 0.1) is 11.1 Å². The lowest BCUT2D eigenvalue weighted by Crippen LogP contribution is -2.14. The van der Waals surface area contributed by atoms with Crippen LogP contribution in [-0.2, 0) is 10.2 Å². The van der Waals surface area contributed by atoms with Crippen LogP contribution in [0.5, 0.6) is 0 Å². The minimum Gasteiger partial charge on any atom is -0.450 e. The summed E-state index contributed by atoms with van der Waals surface area (Å²) in [5, 5.41) is 2.36. The molecule has 2 rings (SSSR count). The molecule has 0 saturated carbocycles. The van der Waals surface area contributed by atoms with Crippen LogP contribution in [0.3, 0.4) is 0 Å². The molecule has 7 heteroatoms. The van der Waals surface area contributed by atoms with E-state index in [4.69, 9.17) is 9.15 Å². The number of halogens is 2. The maximum Gasteiger partial charge on any atom is 0.411 e. The number of nitrogens with one attached hydrogen (secondary N) is 1. The fraction of sp³-hybridized carbons (Fsp3) is 0.429. The van der Waals surface area contributed by atoms with Gasteiger partial charge in [0.15, 0.2) is 11.4 Å². The van der Waals surface area contributed by atoms with Gasteiger partial charge in [-0.05, 0) is 28.9 Å². The van der Waals surface area contributed by atoms with Gasteiger partial charge < -0.3 is 9.15 Å². The lowest BCUT2D eigenvalue weighted by molar-refractivity contribution is 0.168. The highest BCUT2D eigenvalue weighted by Crippen LogP contribution is 2.36. The van der Waals surface area contributed by atoms with Crippen molar-refractivity contribution in [2.75, 3.05) is 11.9 Å². The van der Waals surface area contributed by atoms with Crippen LogP contribution < -0.4 is 5.32 Å². The van der Waals surface area contributed by atoms with Crippen molar-refractivity contribution in [2.24, 2.45) is 0 Å². The van der Waals surface area contributed by atoms with E-state index in [1.165, 1.54) is 6.07 Å². The summed E-state index contributed by atoms with van der Waals surface area (Å²) in [6, 6.07) is 1.23. The van der Waals surface area contributed by atoms with Gasteiger partial charge in [-0.15, -0.1) is 0 Å². The van der Waals surface area contributed by atoms with Gasteiger partial charge in [-0.2, -0.15) is 0 Å². The molecule has 1 aromatic heterocycles. The number of anilines is 1. The predicted molar refractivity (Wildman–Crippen MR) is 81.0 cm³/mol. The second kappa shape index (κ2) is 5.63. The third-order valence-corrected chi connectivity index (χ3v) is 3.32. The lowest BCUT2D eigenvalue weighted by atomic mass is 9.97. The number of fused-ring (bicyclic) bond motifs is 1. The maximum atomic E-state index is 14.1. The molecule has 0 radical (unpaired) electrons. The number of rotatable bonds is 2. The molecule has 1 aromatic carbocycles. The first-order valence-electron chi connectivity index (χ1n) is 6.46. The third kappa shape index (κ3) is 3.18. The van der Waals surface area contributed by atoms with Gasteiger partial charge in [0.25, 0.3) is 0 Å². The van der Waals surface area contributed by atoms with E-state index >= 15 is 0 Å². The molecule has 0 aliphatic carbocycles. The Morgan fingerprint density at radius 2 is 2.19 bits per heavy atom. The summed E-state index contributed by atoms with van der Waals surface area (Å²) >= 11 is 3.25. The zero-order valence-electron chi connectivity index (χ0n) is 12.2. The monoisotopic (exact) mass is 358 g/mol. The number of oxazole rings is 1. The van der Waals surface area contributed by atoms with Crippen LogP contribution >= 0.6 is 15.9 Å². The Bertz CT molecular complexity index is 692. The molecule has 2 aromatic rings. The van der Waals surface area contributed by atoms with Crippen LogP contribution in [0.15, 0.2) is 15.0 Å². The SMILES string of the molecule is CCOC(=O)Nc1c(F)cc(Br)c2nc(C(C)(C)C)oc12. The Balaban J connectivity index is 2.58. The van der Waals surface area contributed by atoms with E-state index in [0.29, 0.717) is 15.9 Å². The molecule has 5 nitrogen and oxygen atoms in total. The third-order valence-electron chi connectivity index (χ3n) is 2.72. The molecule has 0 atom stereocenters. The van der Waals surface area contributed by atoms with Crippen LogP contribution in [0.2, 0.25) is 0 Å². The van der Waals surface area contributed by atoms with Crippen molar-refractivity contribution in [3.63, 3.8) is 0 Å². The number of amides is 1. The first kappa shape index (κ1) is 15.8. The molecule has 114 valence electrons. The van der Waals surface area contributed by atoms with Crippen molar-refractivity contribution < 1.29 is 18.3 Å². The average Bonchev–Trinajstić information content (AvgIpc) is 2.80. The molecule has 21 heavy (non-hydrogen) atoms. The number of aromatic nitrogens is 1. The molecule has 0 spiro atoms. The minimum atomic E-state index is -0.742. The van der Waals surface area contributed by atoms with Gasteiger partial charge in [0, 0.05) is 5.41 Å². The number of carbonyl (C=O) groups excluding carboxylic acids is 1. The summed E-state index contributed by atoms with van der Waals surface area (Å²) in [6.07, 6.45) is -0.742. The van der Waals surface area contributed by atoms with Gasteiger partial charge in [-0.1, -0.05) is 20.8 Å². The number of hydrogen-bond donors (Lipinski definition) is 1. The fourth-order valence-corrected chi connectivity index (χ4v) is 2.19. The van der Waals surface area contributed by atoms with Gasteiger partial charge in [-0.3, -0.25) is 5.32 Å². The van der Waals surface area contributed by atoms with Crippen molar-refractivity contribution >= 4 is 38.8 Å². The molecule has 0 fully saturated rings. The second-order valence-corrected chi connectivity index (χ2v) is 6.36. The molecule has 0 aliphatic rings. The molecule has 0 unspecified atom stereocenters. The van der Waals surface area contributed by atoms with E-state index in [1.54, 1.807) is 6.92 Å². The number of benzene rings is 1. The van der Waals surface area contributed by atoms with Crippen molar-refractivity contribution in [3.05, 3.63) is 22.2 Å². The van der Waals surface area contributed by atoms with Gasteiger partial charge in [-0.25, -0.2) is 14.2 Å². The van der Waals surface area contributed by atoms with Crippen molar-refractivity contribution in [1.29, 1.82) is 0 Å². The van der Waals surface area contributed by atoms with Crippen molar-refractivity contribution in [1.82, 2.24) is 4.98 Å². The van der Waals surface area contributed by atoms with Crippen LogP contribution in [0.25, 0.3) is 11.1 Å². The zero-order chi connectivity index (χ0) is 15.8. The predicted octanol–water partition coefficient (Wildman–Crippen LogP) is 4.60. The normalized spacial score (nSPS) is 11.7. The summed E-state index contributed by atoms with van der Waals surface area (Å²) in [7, 11) is 0. The molecule has 0 bridgehead atoms. The highest BCUT2D eigenvalue weighted by Gasteiger charge is 2.25. The Morgan fingerprint density at radius 1 is 1.52 bits per heavy atom. The fourth-order valence-electron chi connectivity index (χ4n) is 1.72. The first-order valence-corrected chi connectivity index (χ1v) is 7.26. The van der Waals surface area contributed by atoms with Gasteiger partial charge >= 0.3 is 6.09 Å². The Morgan fingerprint density at radius 3 is 2.76 bits per heavy atom.